The van der Waals surface area contributed by atoms with Crippen LogP contribution in [0.4, 0.5) is 0 Å². The summed E-state index contributed by atoms with van der Waals surface area (Å²) < 4.78 is 0. The Hall–Kier alpha value is 2.86. The molecule has 0 aliphatic heterocycles. The predicted octanol–water partition coefficient (Wildman–Crippen LogP) is 3.58. The minimum absolute atomic E-state index is 0. The van der Waals surface area contributed by atoms with Crippen LogP contribution >= 0.6 is 57.5 Å². The summed E-state index contributed by atoms with van der Waals surface area (Å²) in [5.41, 5.74) is 0. The molecule has 0 bridgehead atoms. The standard InChI is InChI=1S/C2H4O2.6ClH.Ir.Na.H/c1-2(3)4;;;;;;;;;/h1H3,(H,3,4);6*1H;;;/q;;;;;;;+6;;/p-6. The molecule has 0 rings (SSSR count). The quantitative estimate of drug-likeness (QED) is 0.529. The molecular weight excluding hydrogens is 484 g/mol. The number of halogens is 6. The van der Waals surface area contributed by atoms with E-state index in [-0.39, 0.29) is 29.6 Å². The van der Waals surface area contributed by atoms with Gasteiger partial charge < -0.3 is 5.11 Å². The van der Waals surface area contributed by atoms with E-state index in [1.54, 1.807) is 0 Å². The zero-order chi connectivity index (χ0) is 9.99. The van der Waals surface area contributed by atoms with E-state index >= 15 is 0 Å². The number of carboxylic acid groups (broad SMARTS) is 1. The summed E-state index contributed by atoms with van der Waals surface area (Å²) in [5, 5.41) is 7.42. The van der Waals surface area contributed by atoms with Crippen LogP contribution in [0.5, 0.6) is 0 Å². The molecule has 0 amide bonds. The normalized spacial score (nSPS) is 15.6. The third-order valence-corrected chi connectivity index (χ3v) is 0. The second-order valence-electron chi connectivity index (χ2n) is 1.23. The summed E-state index contributed by atoms with van der Waals surface area (Å²) in [6, 6.07) is 0. The minimum atomic E-state index is -5.33. The van der Waals surface area contributed by atoms with Gasteiger partial charge in [0.15, 0.2) is 0 Å². The third-order valence-electron chi connectivity index (χ3n) is 0. The van der Waals surface area contributed by atoms with Crippen LogP contribution in [0.3, 0.4) is 0 Å². The number of rotatable bonds is 0. The van der Waals surface area contributed by atoms with Crippen LogP contribution in [0.15, 0.2) is 0 Å². The van der Waals surface area contributed by atoms with Crippen LogP contribution in [0.2, 0.25) is 0 Å². The van der Waals surface area contributed by atoms with Crippen LogP contribution in [0.1, 0.15) is 6.92 Å². The van der Waals surface area contributed by atoms with E-state index in [2.05, 4.69) is 0 Å². The fourth-order valence-corrected chi connectivity index (χ4v) is 0. The molecular formula is C2H5Cl6IrNaO2. The second-order valence-corrected chi connectivity index (χ2v) is 53.1. The Balaban J connectivity index is -0.000000142. The molecule has 1 N–H and O–H groups in total. The van der Waals surface area contributed by atoms with E-state index in [1.165, 1.54) is 0 Å². The van der Waals surface area contributed by atoms with Crippen molar-refractivity contribution in [1.82, 2.24) is 0 Å². The molecule has 10 heteroatoms. The molecule has 0 aromatic heterocycles. The van der Waals surface area contributed by atoms with Crippen LogP contribution in [-0.4, -0.2) is 40.6 Å². The van der Waals surface area contributed by atoms with Crippen molar-refractivity contribution in [3.63, 3.8) is 0 Å². The molecule has 77 valence electrons. The maximum atomic E-state index is 9.00. The van der Waals surface area contributed by atoms with Crippen LogP contribution in [0.25, 0.3) is 0 Å². The van der Waals surface area contributed by atoms with Crippen LogP contribution in [0, 0.1) is 0 Å². The molecule has 0 saturated heterocycles. The Bertz CT molecular complexity index is 141. The summed E-state index contributed by atoms with van der Waals surface area (Å²) >= 11 is 0. The predicted molar refractivity (Wildman–Crippen MR) is 55.6 cm³/mol. The molecule has 12 heavy (non-hydrogen) atoms. The van der Waals surface area contributed by atoms with Crippen molar-refractivity contribution < 1.29 is 16.7 Å². The fourth-order valence-electron chi connectivity index (χ4n) is 0. The van der Waals surface area contributed by atoms with Gasteiger partial charge in [-0.2, -0.15) is 0 Å². The number of hydrogen-bond acceptors (Lipinski definition) is 1. The first kappa shape index (κ1) is 20.3. The van der Waals surface area contributed by atoms with Gasteiger partial charge in [0.25, 0.3) is 5.97 Å². The summed E-state index contributed by atoms with van der Waals surface area (Å²) in [7, 11) is 30.3. The van der Waals surface area contributed by atoms with E-state index in [0.29, 0.717) is 0 Å². The zero-order valence-electron chi connectivity index (χ0n) is 4.96. The van der Waals surface area contributed by atoms with Crippen molar-refractivity contribution in [1.29, 1.82) is 0 Å². The molecule has 0 spiro atoms. The van der Waals surface area contributed by atoms with Gasteiger partial charge in [0, 0.05) is 6.92 Å². The molecule has 0 unspecified atom stereocenters. The first-order valence-corrected chi connectivity index (χ1v) is 19.5. The van der Waals surface area contributed by atoms with Gasteiger partial charge in [-0.05, 0) is 0 Å². The molecule has 0 heterocycles. The molecule has 0 saturated carbocycles. The van der Waals surface area contributed by atoms with E-state index in [0.717, 1.165) is 6.92 Å². The van der Waals surface area contributed by atoms with Gasteiger partial charge in [-0.1, -0.05) is 0 Å². The summed E-state index contributed by atoms with van der Waals surface area (Å²) in [6.07, 6.45) is 0. The molecule has 0 aliphatic rings. The van der Waals surface area contributed by atoms with Crippen LogP contribution in [-0.2, 0) is 11.6 Å². The first-order chi connectivity index (χ1) is 4.18. The zero-order valence-corrected chi connectivity index (χ0v) is 11.9. The Morgan fingerprint density at radius 2 is 1.08 bits per heavy atom. The second kappa shape index (κ2) is 5.27. The van der Waals surface area contributed by atoms with Crippen LogP contribution < -0.4 is 0 Å². The summed E-state index contributed by atoms with van der Waals surface area (Å²) in [6.45, 7) is -4.25. The Labute approximate surface area is 115 Å². The van der Waals surface area contributed by atoms with E-state index in [4.69, 9.17) is 67.4 Å². The average Bonchev–Trinajstić information content (AvgIpc) is 1.11. The molecule has 0 aromatic carbocycles. The molecule has 0 aromatic rings. The van der Waals surface area contributed by atoms with Gasteiger partial charge in [-0.15, -0.1) is 0 Å². The van der Waals surface area contributed by atoms with E-state index < -0.39 is 12.8 Å². The third kappa shape index (κ3) is 221. The Morgan fingerprint density at radius 3 is 1.08 bits per heavy atom. The monoisotopic (exact) mass is 487 g/mol. The summed E-state index contributed by atoms with van der Waals surface area (Å²) in [5.74, 6) is -0.833. The topological polar surface area (TPSA) is 37.3 Å². The van der Waals surface area contributed by atoms with Gasteiger partial charge >= 0.3 is 93.9 Å². The van der Waals surface area contributed by atoms with Crippen molar-refractivity contribution >= 4 is 93.0 Å². The van der Waals surface area contributed by atoms with Gasteiger partial charge in [0.1, 0.15) is 0 Å². The number of carbonyl (C=O) groups is 1. The van der Waals surface area contributed by atoms with Crippen molar-refractivity contribution in [3.05, 3.63) is 0 Å². The van der Waals surface area contributed by atoms with Crippen molar-refractivity contribution in [2.24, 2.45) is 0 Å². The first-order valence-electron chi connectivity index (χ1n) is 1.68. The van der Waals surface area contributed by atoms with Crippen molar-refractivity contribution in [3.8, 4) is 0 Å². The Kier molecular flexibility index (Phi) is 8.91. The molecule has 0 fully saturated rings. The number of aliphatic carboxylic acids is 1. The summed E-state index contributed by atoms with van der Waals surface area (Å²) in [4.78, 5) is 9.00. The number of hydrogen-bond donors (Lipinski definition) is 1. The van der Waals surface area contributed by atoms with Gasteiger partial charge in [0.2, 0.25) is 0 Å². The molecule has 0 aliphatic carbocycles. The van der Waals surface area contributed by atoms with Gasteiger partial charge in [-0.3, -0.25) is 4.79 Å². The van der Waals surface area contributed by atoms with E-state index in [1.807, 2.05) is 0 Å². The maximum absolute atomic E-state index is 9.00. The average molecular weight is 489 g/mol. The van der Waals surface area contributed by atoms with Crippen molar-refractivity contribution in [2.75, 3.05) is 0 Å². The number of carboxylic acids is 1. The SMILES string of the molecule is CC(=O)O.[Cl][Ir]([Cl])([Cl])([Cl])([Cl])[Cl].[NaH]. The van der Waals surface area contributed by atoms with Crippen molar-refractivity contribution in [2.45, 2.75) is 6.92 Å². The van der Waals surface area contributed by atoms with Gasteiger partial charge in [-0.25, -0.2) is 0 Å². The molecule has 2 nitrogen and oxygen atoms in total. The van der Waals surface area contributed by atoms with E-state index in [9.17, 15) is 0 Å². The Morgan fingerprint density at radius 1 is 1.08 bits per heavy atom. The molecule has 0 radical (unpaired) electrons. The fraction of sp³-hybridized carbons (Fsp3) is 0.500. The van der Waals surface area contributed by atoms with Gasteiger partial charge in [0.05, 0.1) is 0 Å². The molecule has 0 atom stereocenters.